The van der Waals surface area contributed by atoms with E-state index < -0.39 is 0 Å². The van der Waals surface area contributed by atoms with E-state index in [-0.39, 0.29) is 0 Å². The molecule has 0 saturated carbocycles. The smallest absolute Gasteiger partial charge is 0.183 e. The van der Waals surface area contributed by atoms with Crippen LogP contribution in [0.15, 0.2) is 60.7 Å². The molecular formula is C22H15ClN2O. The Morgan fingerprint density at radius 1 is 1.04 bits per heavy atom. The van der Waals surface area contributed by atoms with Crippen LogP contribution >= 0.6 is 11.6 Å². The predicted octanol–water partition coefficient (Wildman–Crippen LogP) is 5.54. The van der Waals surface area contributed by atoms with Crippen molar-refractivity contribution in [1.29, 1.82) is 0 Å². The molecule has 0 aliphatic rings. The van der Waals surface area contributed by atoms with E-state index in [1.54, 1.807) is 7.11 Å². The fraction of sp³-hybridized carbons (Fsp3) is 0.0455. The lowest BCUT2D eigenvalue weighted by atomic mass is 9.93. The average Bonchev–Trinajstić information content (AvgIpc) is 3.11. The van der Waals surface area contributed by atoms with Gasteiger partial charge in [-0.25, -0.2) is 4.98 Å². The van der Waals surface area contributed by atoms with Gasteiger partial charge in [0.2, 0.25) is 0 Å². The molecule has 126 valence electrons. The predicted molar refractivity (Wildman–Crippen MR) is 106 cm³/mol. The van der Waals surface area contributed by atoms with Crippen molar-refractivity contribution in [1.82, 2.24) is 9.97 Å². The number of fused-ring (bicyclic) bond motifs is 1. The summed E-state index contributed by atoms with van der Waals surface area (Å²) in [6.07, 6.45) is 5.53. The Balaban J connectivity index is 2.05. The molecule has 4 heteroatoms. The van der Waals surface area contributed by atoms with Gasteiger partial charge in [-0.2, -0.15) is 0 Å². The molecule has 1 aromatic heterocycles. The number of benzene rings is 3. The third-order valence-corrected chi connectivity index (χ3v) is 4.61. The van der Waals surface area contributed by atoms with Gasteiger partial charge in [0.1, 0.15) is 5.75 Å². The van der Waals surface area contributed by atoms with Crippen LogP contribution in [-0.4, -0.2) is 17.1 Å². The number of hydrogen-bond donors (Lipinski definition) is 1. The van der Waals surface area contributed by atoms with E-state index >= 15 is 0 Å². The van der Waals surface area contributed by atoms with E-state index in [4.69, 9.17) is 22.8 Å². The summed E-state index contributed by atoms with van der Waals surface area (Å²) in [4.78, 5) is 7.77. The third kappa shape index (κ3) is 2.71. The number of terminal acetylenes is 1. The van der Waals surface area contributed by atoms with Crippen molar-refractivity contribution < 1.29 is 4.74 Å². The molecule has 3 aromatic carbocycles. The highest BCUT2D eigenvalue weighted by Gasteiger charge is 2.16. The number of aromatic nitrogens is 2. The number of imidazole rings is 1. The number of aromatic amines is 1. The summed E-state index contributed by atoms with van der Waals surface area (Å²) in [5, 5.41) is 0.550. The quantitative estimate of drug-likeness (QED) is 0.488. The molecule has 0 amide bonds. The molecule has 4 rings (SSSR count). The Kier molecular flexibility index (Phi) is 4.12. The third-order valence-electron chi connectivity index (χ3n) is 4.32. The second-order valence-electron chi connectivity index (χ2n) is 5.83. The molecule has 0 radical (unpaired) electrons. The van der Waals surface area contributed by atoms with Gasteiger partial charge in [0.25, 0.3) is 0 Å². The van der Waals surface area contributed by atoms with Gasteiger partial charge in [-0.3, -0.25) is 0 Å². The molecule has 0 fully saturated rings. The minimum atomic E-state index is 0.506. The van der Waals surface area contributed by atoms with Gasteiger partial charge < -0.3 is 9.72 Å². The highest BCUT2D eigenvalue weighted by atomic mass is 35.5. The van der Waals surface area contributed by atoms with E-state index in [1.165, 1.54) is 0 Å². The maximum Gasteiger partial charge on any atom is 0.183 e. The summed E-state index contributed by atoms with van der Waals surface area (Å²) >= 11 is 6.38. The first-order chi connectivity index (χ1) is 12.7. The largest absolute Gasteiger partial charge is 0.495 e. The number of rotatable bonds is 3. The SMILES string of the molecule is C#Cc1nc2c(-c3ccc(OC)c(Cl)c3)c(-c3ccccc3)ccc2[nH]1. The molecule has 3 nitrogen and oxygen atoms in total. The Labute approximate surface area is 156 Å². The first-order valence-corrected chi connectivity index (χ1v) is 8.47. The molecule has 0 aliphatic carbocycles. The zero-order chi connectivity index (χ0) is 18.1. The van der Waals surface area contributed by atoms with E-state index in [1.807, 2.05) is 42.5 Å². The summed E-state index contributed by atoms with van der Waals surface area (Å²) in [7, 11) is 1.60. The van der Waals surface area contributed by atoms with Crippen LogP contribution in [0.5, 0.6) is 5.75 Å². The molecule has 0 saturated heterocycles. The second-order valence-corrected chi connectivity index (χ2v) is 6.24. The number of methoxy groups -OCH3 is 1. The van der Waals surface area contributed by atoms with Crippen molar-refractivity contribution in [3.63, 3.8) is 0 Å². The molecule has 26 heavy (non-hydrogen) atoms. The van der Waals surface area contributed by atoms with Crippen molar-refractivity contribution in [2.75, 3.05) is 7.11 Å². The summed E-state index contributed by atoms with van der Waals surface area (Å²) < 4.78 is 5.28. The highest BCUT2D eigenvalue weighted by Crippen LogP contribution is 2.39. The van der Waals surface area contributed by atoms with Crippen molar-refractivity contribution in [3.05, 3.63) is 71.5 Å². The fourth-order valence-corrected chi connectivity index (χ4v) is 3.37. The molecule has 4 aromatic rings. The Morgan fingerprint density at radius 2 is 1.85 bits per heavy atom. The van der Waals surface area contributed by atoms with Gasteiger partial charge in [0.05, 0.1) is 23.2 Å². The summed E-state index contributed by atoms with van der Waals surface area (Å²) in [6.45, 7) is 0. The van der Waals surface area contributed by atoms with Gasteiger partial charge in [-0.1, -0.05) is 54.1 Å². The normalized spacial score (nSPS) is 10.7. The number of hydrogen-bond acceptors (Lipinski definition) is 2. The molecule has 0 atom stereocenters. The monoisotopic (exact) mass is 358 g/mol. The van der Waals surface area contributed by atoms with Crippen molar-refractivity contribution in [3.8, 4) is 40.3 Å². The molecule has 0 unspecified atom stereocenters. The first kappa shape index (κ1) is 16.3. The van der Waals surface area contributed by atoms with Crippen molar-refractivity contribution in [2.24, 2.45) is 0 Å². The maximum atomic E-state index is 6.38. The van der Waals surface area contributed by atoms with Crippen molar-refractivity contribution >= 4 is 22.6 Å². The van der Waals surface area contributed by atoms with Gasteiger partial charge in [0.15, 0.2) is 5.82 Å². The number of halogens is 1. The number of ether oxygens (including phenoxy) is 1. The lowest BCUT2D eigenvalue weighted by Gasteiger charge is -2.13. The summed E-state index contributed by atoms with van der Waals surface area (Å²) in [5.74, 6) is 3.71. The minimum absolute atomic E-state index is 0.506. The number of H-pyrrole nitrogens is 1. The summed E-state index contributed by atoms with van der Waals surface area (Å²) in [6, 6.07) is 20.0. The highest BCUT2D eigenvalue weighted by molar-refractivity contribution is 6.32. The zero-order valence-corrected chi connectivity index (χ0v) is 14.8. The van der Waals surface area contributed by atoms with E-state index in [9.17, 15) is 0 Å². The Hall–Kier alpha value is -3.22. The average molecular weight is 359 g/mol. The van der Waals surface area contributed by atoms with Crippen LogP contribution in [-0.2, 0) is 0 Å². The van der Waals surface area contributed by atoms with Crippen LogP contribution < -0.4 is 4.74 Å². The Bertz CT molecular complexity index is 1140. The number of nitrogens with zero attached hydrogens (tertiary/aromatic N) is 1. The topological polar surface area (TPSA) is 37.9 Å². The van der Waals surface area contributed by atoms with Crippen LogP contribution in [0, 0.1) is 12.3 Å². The molecular weight excluding hydrogens is 344 g/mol. The van der Waals surface area contributed by atoms with E-state index in [0.29, 0.717) is 16.6 Å². The van der Waals surface area contributed by atoms with E-state index in [2.05, 4.69) is 34.1 Å². The molecule has 0 spiro atoms. The Morgan fingerprint density at radius 3 is 2.54 bits per heavy atom. The number of nitrogens with one attached hydrogen (secondary N) is 1. The van der Waals surface area contributed by atoms with Crippen LogP contribution in [0.4, 0.5) is 0 Å². The minimum Gasteiger partial charge on any atom is -0.495 e. The fourth-order valence-electron chi connectivity index (χ4n) is 3.12. The second kappa shape index (κ2) is 6.59. The van der Waals surface area contributed by atoms with Crippen LogP contribution in [0.25, 0.3) is 33.3 Å². The van der Waals surface area contributed by atoms with Crippen LogP contribution in [0.2, 0.25) is 5.02 Å². The summed E-state index contributed by atoms with van der Waals surface area (Å²) in [5.41, 5.74) is 5.81. The first-order valence-electron chi connectivity index (χ1n) is 8.10. The van der Waals surface area contributed by atoms with Gasteiger partial charge >= 0.3 is 0 Å². The van der Waals surface area contributed by atoms with Gasteiger partial charge in [-0.05, 0) is 40.8 Å². The molecule has 1 heterocycles. The standard InChI is InChI=1S/C22H15ClN2O/c1-3-20-24-18-11-10-16(14-7-5-4-6-8-14)21(22(18)25-20)15-9-12-19(26-2)17(23)13-15/h1,4-13H,2H3,(H,24,25). The lowest BCUT2D eigenvalue weighted by molar-refractivity contribution is 0.415. The van der Waals surface area contributed by atoms with Crippen LogP contribution in [0.3, 0.4) is 0 Å². The zero-order valence-electron chi connectivity index (χ0n) is 14.1. The van der Waals surface area contributed by atoms with E-state index in [0.717, 1.165) is 33.3 Å². The van der Waals surface area contributed by atoms with Gasteiger partial charge in [-0.15, -0.1) is 6.42 Å². The molecule has 0 aliphatic heterocycles. The maximum absolute atomic E-state index is 6.38. The van der Waals surface area contributed by atoms with Gasteiger partial charge in [0, 0.05) is 5.56 Å². The van der Waals surface area contributed by atoms with Crippen molar-refractivity contribution in [2.45, 2.75) is 0 Å². The lowest BCUT2D eigenvalue weighted by Crippen LogP contribution is -1.90. The molecule has 1 N–H and O–H groups in total. The van der Waals surface area contributed by atoms with Crippen LogP contribution in [0.1, 0.15) is 5.82 Å². The molecule has 0 bridgehead atoms.